The van der Waals surface area contributed by atoms with Gasteiger partial charge in [0, 0.05) is 29.7 Å². The number of benzene rings is 1. The Hall–Kier alpha value is -0.770. The molecule has 1 heterocycles. The molecule has 0 aliphatic carbocycles. The number of aromatic hydroxyl groups is 1. The number of rotatable bonds is 3. The minimum absolute atomic E-state index is 0.237. The van der Waals surface area contributed by atoms with Gasteiger partial charge in [0.1, 0.15) is 5.75 Å². The quantitative estimate of drug-likeness (QED) is 0.886. The second-order valence-corrected chi connectivity index (χ2v) is 5.71. The maximum atomic E-state index is 9.83. The van der Waals surface area contributed by atoms with E-state index in [0.29, 0.717) is 16.7 Å². The highest BCUT2D eigenvalue weighted by Gasteiger charge is 2.23. The highest BCUT2D eigenvalue weighted by molar-refractivity contribution is 6.30. The Morgan fingerprint density at radius 2 is 2.33 bits per heavy atom. The molecule has 0 spiro atoms. The number of nitrogens with two attached hydrogens (primary N) is 1. The molecule has 1 aliphatic heterocycles. The zero-order valence-corrected chi connectivity index (χ0v) is 11.5. The average molecular weight is 269 g/mol. The van der Waals surface area contributed by atoms with Crippen molar-refractivity contribution in [2.24, 2.45) is 11.7 Å². The molecule has 0 radical (unpaired) electrons. The Labute approximate surface area is 114 Å². The van der Waals surface area contributed by atoms with Gasteiger partial charge in [-0.25, -0.2) is 0 Å². The molecule has 0 aromatic heterocycles. The van der Waals surface area contributed by atoms with Gasteiger partial charge in [0.05, 0.1) is 0 Å². The molecular weight excluding hydrogens is 248 g/mol. The second kappa shape index (κ2) is 5.91. The maximum absolute atomic E-state index is 9.83. The number of likely N-dealkylation sites (tertiary alicyclic amines) is 1. The van der Waals surface area contributed by atoms with E-state index in [-0.39, 0.29) is 6.04 Å². The lowest BCUT2D eigenvalue weighted by Gasteiger charge is -2.34. The van der Waals surface area contributed by atoms with Gasteiger partial charge < -0.3 is 10.8 Å². The van der Waals surface area contributed by atoms with Crippen LogP contribution in [-0.4, -0.2) is 29.1 Å². The Morgan fingerprint density at radius 3 is 3.06 bits per heavy atom. The Morgan fingerprint density at radius 1 is 1.56 bits per heavy atom. The number of phenols is 1. The van der Waals surface area contributed by atoms with Crippen LogP contribution in [0.3, 0.4) is 0 Å². The Bertz CT molecular complexity index is 409. The second-order valence-electron chi connectivity index (χ2n) is 5.27. The van der Waals surface area contributed by atoms with Crippen molar-refractivity contribution in [1.29, 1.82) is 0 Å². The zero-order valence-electron chi connectivity index (χ0n) is 10.8. The van der Waals surface area contributed by atoms with Crippen LogP contribution < -0.4 is 5.73 Å². The number of halogens is 1. The number of phenolic OH excluding ortho intramolecular Hbond substituents is 1. The molecule has 3 N–H and O–H groups in total. The van der Waals surface area contributed by atoms with Crippen molar-refractivity contribution in [2.45, 2.75) is 32.4 Å². The van der Waals surface area contributed by atoms with Gasteiger partial charge in [-0.05, 0) is 50.4 Å². The van der Waals surface area contributed by atoms with E-state index in [1.54, 1.807) is 12.1 Å². The van der Waals surface area contributed by atoms with Crippen molar-refractivity contribution in [3.63, 3.8) is 0 Å². The molecule has 3 nitrogen and oxygen atoms in total. The number of piperidine rings is 1. The summed E-state index contributed by atoms with van der Waals surface area (Å²) in [6.07, 6.45) is 2.38. The van der Waals surface area contributed by atoms with Gasteiger partial charge in [-0.2, -0.15) is 0 Å². The largest absolute Gasteiger partial charge is 0.508 e. The van der Waals surface area contributed by atoms with Crippen molar-refractivity contribution < 1.29 is 5.11 Å². The van der Waals surface area contributed by atoms with Gasteiger partial charge in [0.25, 0.3) is 0 Å². The number of hydrogen-bond acceptors (Lipinski definition) is 3. The third-order valence-corrected chi connectivity index (χ3v) is 3.96. The van der Waals surface area contributed by atoms with Crippen LogP contribution in [0.1, 0.15) is 25.3 Å². The third-order valence-electron chi connectivity index (χ3n) is 3.72. The van der Waals surface area contributed by atoms with Crippen molar-refractivity contribution in [3.8, 4) is 5.75 Å². The maximum Gasteiger partial charge on any atom is 0.120 e. The lowest BCUT2D eigenvalue weighted by atomic mass is 9.92. The third kappa shape index (κ3) is 3.37. The molecule has 0 bridgehead atoms. The lowest BCUT2D eigenvalue weighted by molar-refractivity contribution is 0.153. The first kappa shape index (κ1) is 13.7. The highest BCUT2D eigenvalue weighted by Crippen LogP contribution is 2.26. The lowest BCUT2D eigenvalue weighted by Crippen LogP contribution is -2.41. The fraction of sp³-hybridized carbons (Fsp3) is 0.571. The van der Waals surface area contributed by atoms with Crippen molar-refractivity contribution in [1.82, 2.24) is 4.90 Å². The summed E-state index contributed by atoms with van der Waals surface area (Å²) in [7, 11) is 0. The van der Waals surface area contributed by atoms with Crippen LogP contribution in [0, 0.1) is 5.92 Å². The summed E-state index contributed by atoms with van der Waals surface area (Å²) in [4.78, 5) is 2.35. The van der Waals surface area contributed by atoms with E-state index in [0.717, 1.165) is 25.2 Å². The first-order valence-electron chi connectivity index (χ1n) is 6.51. The van der Waals surface area contributed by atoms with E-state index in [1.807, 2.05) is 6.07 Å². The van der Waals surface area contributed by atoms with Crippen LogP contribution in [0.4, 0.5) is 0 Å². The number of hydrogen-bond donors (Lipinski definition) is 2. The van der Waals surface area contributed by atoms with Crippen LogP contribution in [-0.2, 0) is 6.54 Å². The first-order valence-corrected chi connectivity index (χ1v) is 6.89. The molecule has 100 valence electrons. The number of nitrogens with zero attached hydrogens (tertiary/aromatic N) is 1. The van der Waals surface area contributed by atoms with Crippen LogP contribution >= 0.6 is 11.6 Å². The fourth-order valence-corrected chi connectivity index (χ4v) is 2.78. The van der Waals surface area contributed by atoms with Crippen molar-refractivity contribution in [3.05, 3.63) is 28.8 Å². The average Bonchev–Trinajstić information content (AvgIpc) is 2.34. The SMILES string of the molecule is CC(N)C1CCCN(Cc2cc(Cl)ccc2O)C1. The van der Waals surface area contributed by atoms with Gasteiger partial charge in [0.15, 0.2) is 0 Å². The minimum Gasteiger partial charge on any atom is -0.508 e. The Kier molecular flexibility index (Phi) is 4.49. The molecule has 1 saturated heterocycles. The summed E-state index contributed by atoms with van der Waals surface area (Å²) in [5.41, 5.74) is 6.88. The minimum atomic E-state index is 0.237. The van der Waals surface area contributed by atoms with E-state index in [1.165, 1.54) is 12.8 Å². The molecule has 4 heteroatoms. The molecule has 1 aliphatic rings. The van der Waals surface area contributed by atoms with Crippen LogP contribution in [0.25, 0.3) is 0 Å². The zero-order chi connectivity index (χ0) is 13.1. The molecule has 0 saturated carbocycles. The molecule has 2 atom stereocenters. The van der Waals surface area contributed by atoms with Crippen molar-refractivity contribution in [2.75, 3.05) is 13.1 Å². The summed E-state index contributed by atoms with van der Waals surface area (Å²) in [5, 5.41) is 10.5. The van der Waals surface area contributed by atoms with E-state index in [2.05, 4.69) is 11.8 Å². The van der Waals surface area contributed by atoms with Crippen LogP contribution in [0.2, 0.25) is 5.02 Å². The van der Waals surface area contributed by atoms with Crippen LogP contribution in [0.15, 0.2) is 18.2 Å². The van der Waals surface area contributed by atoms with Gasteiger partial charge in [-0.3, -0.25) is 4.90 Å². The van der Waals surface area contributed by atoms with E-state index in [4.69, 9.17) is 17.3 Å². The van der Waals surface area contributed by atoms with Gasteiger partial charge >= 0.3 is 0 Å². The van der Waals surface area contributed by atoms with E-state index >= 15 is 0 Å². The molecule has 1 aromatic rings. The van der Waals surface area contributed by atoms with E-state index < -0.39 is 0 Å². The summed E-state index contributed by atoms with van der Waals surface area (Å²) in [6, 6.07) is 5.44. The van der Waals surface area contributed by atoms with E-state index in [9.17, 15) is 5.11 Å². The standard InChI is InChI=1S/C14H21ClN2O/c1-10(16)11-3-2-6-17(8-11)9-12-7-13(15)4-5-14(12)18/h4-5,7,10-11,18H,2-3,6,8-9,16H2,1H3. The summed E-state index contributed by atoms with van der Waals surface area (Å²) in [5.74, 6) is 0.877. The monoisotopic (exact) mass is 268 g/mol. The molecule has 2 unspecified atom stereocenters. The molecule has 1 aromatic carbocycles. The smallest absolute Gasteiger partial charge is 0.120 e. The predicted molar refractivity (Wildman–Crippen MR) is 74.8 cm³/mol. The van der Waals surface area contributed by atoms with Gasteiger partial charge in [0.2, 0.25) is 0 Å². The summed E-state index contributed by atoms with van der Waals surface area (Å²) >= 11 is 5.96. The first-order chi connectivity index (χ1) is 8.56. The van der Waals surface area contributed by atoms with Crippen LogP contribution in [0.5, 0.6) is 5.75 Å². The summed E-state index contributed by atoms with van der Waals surface area (Å²) in [6.45, 7) is 4.89. The van der Waals surface area contributed by atoms with Crippen molar-refractivity contribution >= 4 is 11.6 Å². The highest BCUT2D eigenvalue weighted by atomic mass is 35.5. The molecule has 2 rings (SSSR count). The molecule has 18 heavy (non-hydrogen) atoms. The molecular formula is C14H21ClN2O. The van der Waals surface area contributed by atoms with Gasteiger partial charge in [-0.1, -0.05) is 11.6 Å². The summed E-state index contributed by atoms with van der Waals surface area (Å²) < 4.78 is 0. The fourth-order valence-electron chi connectivity index (χ4n) is 2.59. The van der Waals surface area contributed by atoms with Gasteiger partial charge in [-0.15, -0.1) is 0 Å². The predicted octanol–water partition coefficient (Wildman–Crippen LogP) is 2.60. The molecule has 1 fully saturated rings. The molecule has 0 amide bonds. The topological polar surface area (TPSA) is 49.5 Å². The Balaban J connectivity index is 2.02. The normalized spacial score (nSPS) is 22.9.